The zero-order chi connectivity index (χ0) is 22.8. The van der Waals surface area contributed by atoms with Gasteiger partial charge in [-0.3, -0.25) is 4.79 Å². The summed E-state index contributed by atoms with van der Waals surface area (Å²) in [5.41, 5.74) is 8.13. The molecule has 3 aromatic carbocycles. The lowest BCUT2D eigenvalue weighted by atomic mass is 9.89. The predicted molar refractivity (Wildman–Crippen MR) is 138 cm³/mol. The van der Waals surface area contributed by atoms with Gasteiger partial charge in [-0.25, -0.2) is 0 Å². The van der Waals surface area contributed by atoms with Crippen LogP contribution in [0.15, 0.2) is 89.4 Å². The Balaban J connectivity index is 1.42. The molecule has 0 radical (unpaired) electrons. The standard InChI is InChI=1S/C29H27BrN2O/c1-20-10-15-27-24(16-20)18-28(22-7-3-2-4-8-22)32(27)26-13-11-23(12-14-26)29(33)31-19-21-6-5-9-25(30)17-21/h2-9,11-14,17-18,20H,10,15-16,19H2,1H3,(H,31,33)/t20-/m1/s1. The number of nitrogens with zero attached hydrogens (tertiary/aromatic N) is 1. The van der Waals surface area contributed by atoms with Gasteiger partial charge in [-0.05, 0) is 84.3 Å². The fourth-order valence-electron chi connectivity index (χ4n) is 4.72. The van der Waals surface area contributed by atoms with Crippen LogP contribution >= 0.6 is 15.9 Å². The molecule has 0 saturated heterocycles. The van der Waals surface area contributed by atoms with E-state index in [1.165, 1.54) is 28.9 Å². The van der Waals surface area contributed by atoms with Crippen molar-refractivity contribution in [3.05, 3.63) is 112 Å². The normalized spacial score (nSPS) is 15.2. The van der Waals surface area contributed by atoms with Gasteiger partial charge < -0.3 is 9.88 Å². The Morgan fingerprint density at radius 1 is 1.00 bits per heavy atom. The van der Waals surface area contributed by atoms with Gasteiger partial charge >= 0.3 is 0 Å². The van der Waals surface area contributed by atoms with Crippen molar-refractivity contribution in [3.63, 3.8) is 0 Å². The molecule has 1 heterocycles. The second-order valence-electron chi connectivity index (χ2n) is 8.91. The Kier molecular flexibility index (Phi) is 6.19. The average Bonchev–Trinajstić information content (AvgIpc) is 3.22. The molecule has 1 N–H and O–H groups in total. The maximum absolute atomic E-state index is 12.7. The summed E-state index contributed by atoms with van der Waals surface area (Å²) in [5, 5.41) is 3.02. The SMILES string of the molecule is C[C@@H]1CCc2c(cc(-c3ccccc3)n2-c2ccc(C(=O)NCc3cccc(Br)c3)cc2)C1. The van der Waals surface area contributed by atoms with Crippen LogP contribution in [0.5, 0.6) is 0 Å². The summed E-state index contributed by atoms with van der Waals surface area (Å²) in [7, 11) is 0. The van der Waals surface area contributed by atoms with Crippen LogP contribution in [0, 0.1) is 5.92 Å². The Labute approximate surface area is 203 Å². The van der Waals surface area contributed by atoms with Crippen molar-refractivity contribution in [3.8, 4) is 16.9 Å². The molecule has 0 unspecified atom stereocenters. The molecule has 4 heteroatoms. The molecule has 1 amide bonds. The summed E-state index contributed by atoms with van der Waals surface area (Å²) < 4.78 is 3.40. The van der Waals surface area contributed by atoms with Crippen molar-refractivity contribution in [1.29, 1.82) is 0 Å². The molecule has 3 nitrogen and oxygen atoms in total. The van der Waals surface area contributed by atoms with E-state index < -0.39 is 0 Å². The highest BCUT2D eigenvalue weighted by Gasteiger charge is 2.23. The predicted octanol–water partition coefficient (Wildman–Crippen LogP) is 6.96. The Morgan fingerprint density at radius 2 is 1.79 bits per heavy atom. The van der Waals surface area contributed by atoms with Crippen molar-refractivity contribution in [2.45, 2.75) is 32.7 Å². The van der Waals surface area contributed by atoms with E-state index in [1.54, 1.807) is 0 Å². The Hall–Kier alpha value is -3.11. The zero-order valence-corrected chi connectivity index (χ0v) is 20.3. The van der Waals surface area contributed by atoms with Crippen molar-refractivity contribution in [1.82, 2.24) is 9.88 Å². The van der Waals surface area contributed by atoms with E-state index in [0.717, 1.165) is 28.6 Å². The number of hydrogen-bond acceptors (Lipinski definition) is 1. The molecule has 1 aromatic heterocycles. The topological polar surface area (TPSA) is 34.0 Å². The number of rotatable bonds is 5. The number of halogens is 1. The van der Waals surface area contributed by atoms with Gasteiger partial charge in [0.25, 0.3) is 5.91 Å². The van der Waals surface area contributed by atoms with Crippen LogP contribution in [-0.2, 0) is 19.4 Å². The van der Waals surface area contributed by atoms with Gasteiger partial charge in [0, 0.05) is 28.0 Å². The minimum Gasteiger partial charge on any atom is -0.348 e. The molecule has 0 bridgehead atoms. The van der Waals surface area contributed by atoms with Gasteiger partial charge in [0.1, 0.15) is 0 Å². The summed E-state index contributed by atoms with van der Waals surface area (Å²) in [6.07, 6.45) is 3.41. The maximum atomic E-state index is 12.7. The fraction of sp³-hybridized carbons (Fsp3) is 0.207. The monoisotopic (exact) mass is 498 g/mol. The third-order valence-electron chi connectivity index (χ3n) is 6.43. The Bertz CT molecular complexity index is 1270. The van der Waals surface area contributed by atoms with E-state index in [1.807, 2.05) is 36.4 Å². The number of carbonyl (C=O) groups is 1. The van der Waals surface area contributed by atoms with Crippen LogP contribution < -0.4 is 5.32 Å². The molecule has 1 atom stereocenters. The first-order valence-electron chi connectivity index (χ1n) is 11.5. The third-order valence-corrected chi connectivity index (χ3v) is 6.93. The number of aromatic nitrogens is 1. The van der Waals surface area contributed by atoms with E-state index >= 15 is 0 Å². The molecule has 4 aromatic rings. The summed E-state index contributed by atoms with van der Waals surface area (Å²) >= 11 is 3.48. The van der Waals surface area contributed by atoms with Crippen molar-refractivity contribution >= 4 is 21.8 Å². The number of fused-ring (bicyclic) bond motifs is 1. The lowest BCUT2D eigenvalue weighted by Gasteiger charge is -2.21. The van der Waals surface area contributed by atoms with Crippen LogP contribution in [-0.4, -0.2) is 10.5 Å². The molecule has 5 rings (SSSR count). The lowest BCUT2D eigenvalue weighted by Crippen LogP contribution is -2.22. The van der Waals surface area contributed by atoms with Crippen LogP contribution in [0.3, 0.4) is 0 Å². The van der Waals surface area contributed by atoms with E-state index in [-0.39, 0.29) is 5.91 Å². The van der Waals surface area contributed by atoms with Gasteiger partial charge in [0.2, 0.25) is 0 Å². The first-order valence-corrected chi connectivity index (χ1v) is 12.3. The van der Waals surface area contributed by atoms with E-state index in [2.05, 4.69) is 81.3 Å². The number of benzene rings is 3. The third kappa shape index (κ3) is 4.67. The highest BCUT2D eigenvalue weighted by molar-refractivity contribution is 9.10. The molecule has 0 fully saturated rings. The summed E-state index contributed by atoms with van der Waals surface area (Å²) in [6.45, 7) is 2.84. The second kappa shape index (κ2) is 9.40. The van der Waals surface area contributed by atoms with Gasteiger partial charge in [-0.15, -0.1) is 0 Å². The molecule has 0 aliphatic heterocycles. The first kappa shape index (κ1) is 21.7. The molecule has 166 valence electrons. The van der Waals surface area contributed by atoms with Crippen molar-refractivity contribution < 1.29 is 4.79 Å². The summed E-state index contributed by atoms with van der Waals surface area (Å²) in [6, 6.07) is 28.9. The molecular formula is C29H27BrN2O. The minimum atomic E-state index is -0.0619. The van der Waals surface area contributed by atoms with Gasteiger partial charge in [-0.2, -0.15) is 0 Å². The summed E-state index contributed by atoms with van der Waals surface area (Å²) in [4.78, 5) is 12.7. The minimum absolute atomic E-state index is 0.0619. The molecule has 0 spiro atoms. The first-order chi connectivity index (χ1) is 16.1. The fourth-order valence-corrected chi connectivity index (χ4v) is 5.17. The number of hydrogen-bond donors (Lipinski definition) is 1. The van der Waals surface area contributed by atoms with Gasteiger partial charge in [-0.1, -0.05) is 65.3 Å². The lowest BCUT2D eigenvalue weighted by molar-refractivity contribution is 0.0951. The average molecular weight is 499 g/mol. The second-order valence-corrected chi connectivity index (χ2v) is 9.83. The molecule has 33 heavy (non-hydrogen) atoms. The number of carbonyl (C=O) groups excluding carboxylic acids is 1. The van der Waals surface area contributed by atoms with E-state index in [9.17, 15) is 4.79 Å². The van der Waals surface area contributed by atoms with Crippen LogP contribution in [0.4, 0.5) is 0 Å². The van der Waals surface area contributed by atoms with Crippen LogP contribution in [0.25, 0.3) is 16.9 Å². The molecular weight excluding hydrogens is 472 g/mol. The quantitative estimate of drug-likeness (QED) is 0.317. The molecule has 1 aliphatic carbocycles. The summed E-state index contributed by atoms with van der Waals surface area (Å²) in [5.74, 6) is 0.654. The van der Waals surface area contributed by atoms with Crippen LogP contribution in [0.2, 0.25) is 0 Å². The molecule has 1 aliphatic rings. The highest BCUT2D eigenvalue weighted by atomic mass is 79.9. The smallest absolute Gasteiger partial charge is 0.251 e. The van der Waals surface area contributed by atoms with E-state index in [0.29, 0.717) is 18.0 Å². The largest absolute Gasteiger partial charge is 0.348 e. The maximum Gasteiger partial charge on any atom is 0.251 e. The number of amides is 1. The van der Waals surface area contributed by atoms with Crippen molar-refractivity contribution in [2.75, 3.05) is 0 Å². The van der Waals surface area contributed by atoms with Crippen molar-refractivity contribution in [2.24, 2.45) is 5.92 Å². The van der Waals surface area contributed by atoms with Gasteiger partial charge in [0.15, 0.2) is 0 Å². The highest BCUT2D eigenvalue weighted by Crippen LogP contribution is 2.35. The van der Waals surface area contributed by atoms with Gasteiger partial charge in [0.05, 0.1) is 5.69 Å². The molecule has 0 saturated carbocycles. The number of nitrogens with one attached hydrogen (secondary N) is 1. The van der Waals surface area contributed by atoms with Crippen LogP contribution in [0.1, 0.15) is 40.5 Å². The zero-order valence-electron chi connectivity index (χ0n) is 18.7. The van der Waals surface area contributed by atoms with E-state index in [4.69, 9.17) is 0 Å². The Morgan fingerprint density at radius 3 is 2.55 bits per heavy atom.